The van der Waals surface area contributed by atoms with Crippen LogP contribution in [0.15, 0.2) is 17.1 Å². The Bertz CT molecular complexity index is 1400. The first-order valence-electron chi connectivity index (χ1n) is 15.2. The molecule has 3 saturated heterocycles. The Morgan fingerprint density at radius 2 is 1.82 bits per heavy atom. The highest BCUT2D eigenvalue weighted by Crippen LogP contribution is 2.45. The molecule has 44 heavy (non-hydrogen) atoms. The molecule has 242 valence electrons. The van der Waals surface area contributed by atoms with Crippen molar-refractivity contribution in [1.29, 1.82) is 0 Å². The van der Waals surface area contributed by atoms with Crippen LogP contribution < -0.4 is 14.5 Å². The summed E-state index contributed by atoms with van der Waals surface area (Å²) in [7, 11) is 2.10. The van der Waals surface area contributed by atoms with E-state index in [-0.39, 0.29) is 17.3 Å². The molecule has 4 heterocycles. The van der Waals surface area contributed by atoms with Gasteiger partial charge in [0.15, 0.2) is 12.4 Å². The van der Waals surface area contributed by atoms with E-state index in [0.29, 0.717) is 78.0 Å². The number of hydrogen-bond donors (Lipinski definition) is 0. The lowest BCUT2D eigenvalue weighted by atomic mass is 9.72. The van der Waals surface area contributed by atoms with Crippen LogP contribution in [0.3, 0.4) is 0 Å². The fourth-order valence-corrected chi connectivity index (χ4v) is 6.90. The molecule has 3 aliphatic rings. The van der Waals surface area contributed by atoms with Crippen LogP contribution in [0.1, 0.15) is 52.5 Å². The zero-order chi connectivity index (χ0) is 32.0. The van der Waals surface area contributed by atoms with E-state index in [1.165, 1.54) is 0 Å². The van der Waals surface area contributed by atoms with Gasteiger partial charge in [-0.15, -0.1) is 0 Å². The predicted octanol–water partition coefficient (Wildman–Crippen LogP) is 6.34. The fourth-order valence-electron chi connectivity index (χ4n) is 6.32. The van der Waals surface area contributed by atoms with Gasteiger partial charge in [-0.2, -0.15) is 18.2 Å². The minimum absolute atomic E-state index is 0.0150. The van der Waals surface area contributed by atoms with Gasteiger partial charge in [0.05, 0.1) is 4.47 Å². The number of halogens is 4. The van der Waals surface area contributed by atoms with Crippen molar-refractivity contribution in [2.75, 3.05) is 69.3 Å². The summed E-state index contributed by atoms with van der Waals surface area (Å²) in [5, 5.41) is 0.616. The number of anilines is 2. The van der Waals surface area contributed by atoms with Gasteiger partial charge < -0.3 is 24.2 Å². The molecular formula is C31H42BrF3N6O3. The molecule has 13 heteroatoms. The van der Waals surface area contributed by atoms with Crippen molar-refractivity contribution in [2.45, 2.75) is 64.8 Å². The monoisotopic (exact) mass is 682 g/mol. The van der Waals surface area contributed by atoms with Crippen LogP contribution in [0.4, 0.5) is 29.7 Å². The summed E-state index contributed by atoms with van der Waals surface area (Å²) in [5.74, 6) is 1.18. The second-order valence-electron chi connectivity index (χ2n) is 13.3. The smallest absolute Gasteiger partial charge is 0.422 e. The maximum absolute atomic E-state index is 13.3. The van der Waals surface area contributed by atoms with E-state index in [4.69, 9.17) is 19.4 Å². The van der Waals surface area contributed by atoms with Gasteiger partial charge in [-0.05, 0) is 74.6 Å². The third kappa shape index (κ3) is 6.88. The molecule has 0 saturated carbocycles. The topological polar surface area (TPSA) is 74.3 Å². The molecule has 1 amide bonds. The molecule has 5 rings (SSSR count). The molecule has 0 radical (unpaired) electrons. The first-order valence-corrected chi connectivity index (χ1v) is 16.0. The standard InChI is InChI=1S/C31H42BrF3N6O3/c1-7-20-15-22-24(25(23(20)32)43-19-31(33,34)35)36-27(40-14-13-38(6)21(8-2)16-40)37-26(22)39-11-9-30(10-12-39)17-41(18-30)28(42)44-29(3,4)5/h7,15,21H,1,8-14,16-19H2,2-6H3. The van der Waals surface area contributed by atoms with Crippen molar-refractivity contribution < 1.29 is 27.4 Å². The van der Waals surface area contributed by atoms with Gasteiger partial charge in [-0.25, -0.2) is 9.78 Å². The number of rotatable bonds is 6. The molecule has 3 aliphatic heterocycles. The molecule has 1 aromatic carbocycles. The number of likely N-dealkylation sites (N-methyl/N-ethyl adjacent to an activating group) is 1. The van der Waals surface area contributed by atoms with Crippen LogP contribution >= 0.6 is 15.9 Å². The van der Waals surface area contributed by atoms with E-state index >= 15 is 0 Å². The lowest BCUT2D eigenvalue weighted by molar-refractivity contribution is -0.153. The Morgan fingerprint density at radius 3 is 2.41 bits per heavy atom. The van der Waals surface area contributed by atoms with Crippen molar-refractivity contribution in [3.63, 3.8) is 0 Å². The fraction of sp³-hybridized carbons (Fsp3) is 0.645. The predicted molar refractivity (Wildman–Crippen MR) is 169 cm³/mol. The third-order valence-corrected chi connectivity index (χ3v) is 9.66. The second kappa shape index (κ2) is 12.2. The number of carbonyl (C=O) groups is 1. The van der Waals surface area contributed by atoms with Gasteiger partial charge in [0.1, 0.15) is 16.9 Å². The quantitative estimate of drug-likeness (QED) is 0.349. The molecule has 1 spiro atoms. The van der Waals surface area contributed by atoms with E-state index in [1.807, 2.05) is 26.8 Å². The summed E-state index contributed by atoms with van der Waals surface area (Å²) in [6, 6.07) is 2.17. The van der Waals surface area contributed by atoms with E-state index in [9.17, 15) is 18.0 Å². The Hall–Kier alpha value is -2.80. The number of piperazine rings is 1. The van der Waals surface area contributed by atoms with Crippen LogP contribution in [0.25, 0.3) is 17.0 Å². The lowest BCUT2D eigenvalue weighted by Crippen LogP contribution is -2.62. The summed E-state index contributed by atoms with van der Waals surface area (Å²) in [6.07, 6.45) is -0.570. The van der Waals surface area contributed by atoms with Crippen molar-refractivity contribution in [1.82, 2.24) is 19.8 Å². The molecular weight excluding hydrogens is 641 g/mol. The zero-order valence-corrected chi connectivity index (χ0v) is 27.7. The van der Waals surface area contributed by atoms with Crippen LogP contribution in [0.5, 0.6) is 5.75 Å². The van der Waals surface area contributed by atoms with Crippen LogP contribution in [-0.2, 0) is 4.74 Å². The normalized spacial score (nSPS) is 21.0. The number of fused-ring (bicyclic) bond motifs is 1. The van der Waals surface area contributed by atoms with Crippen LogP contribution in [0.2, 0.25) is 0 Å². The number of piperidine rings is 1. The Labute approximate surface area is 265 Å². The number of aromatic nitrogens is 2. The molecule has 2 aromatic rings. The van der Waals surface area contributed by atoms with Gasteiger partial charge in [0.2, 0.25) is 5.95 Å². The van der Waals surface area contributed by atoms with Crippen molar-refractivity contribution in [3.05, 3.63) is 22.7 Å². The summed E-state index contributed by atoms with van der Waals surface area (Å²) >= 11 is 3.47. The number of carbonyl (C=O) groups excluding carboxylic acids is 1. The molecule has 1 atom stereocenters. The second-order valence-corrected chi connectivity index (χ2v) is 14.1. The summed E-state index contributed by atoms with van der Waals surface area (Å²) < 4.78 is 51.4. The van der Waals surface area contributed by atoms with E-state index < -0.39 is 18.4 Å². The Morgan fingerprint density at radius 1 is 1.14 bits per heavy atom. The van der Waals surface area contributed by atoms with E-state index in [2.05, 4.69) is 51.2 Å². The lowest BCUT2D eigenvalue weighted by Gasteiger charge is -2.53. The molecule has 0 bridgehead atoms. The largest absolute Gasteiger partial charge is 0.481 e. The molecule has 1 unspecified atom stereocenters. The Balaban J connectivity index is 1.48. The Kier molecular flexibility index (Phi) is 9.03. The maximum atomic E-state index is 13.3. The summed E-state index contributed by atoms with van der Waals surface area (Å²) in [4.78, 5) is 30.9. The molecule has 9 nitrogen and oxygen atoms in total. The molecule has 1 aromatic heterocycles. The minimum Gasteiger partial charge on any atom is -0.481 e. The SMILES string of the molecule is C=Cc1cc2c(N3CCC4(CC3)CN(C(=O)OC(C)(C)C)C4)nc(N3CCN(C)C(CC)C3)nc2c(OCC(F)(F)F)c1Br. The van der Waals surface area contributed by atoms with Crippen LogP contribution in [-0.4, -0.2) is 103 Å². The first kappa shape index (κ1) is 32.6. The number of nitrogens with zero attached hydrogens (tertiary/aromatic N) is 6. The average molecular weight is 684 g/mol. The van der Waals surface area contributed by atoms with Gasteiger partial charge in [0, 0.05) is 62.7 Å². The van der Waals surface area contributed by atoms with E-state index in [1.54, 1.807) is 11.0 Å². The first-order chi connectivity index (χ1) is 20.6. The molecule has 3 fully saturated rings. The molecule has 0 aliphatic carbocycles. The minimum atomic E-state index is -4.52. The van der Waals surface area contributed by atoms with E-state index in [0.717, 1.165) is 25.8 Å². The molecule has 0 N–H and O–H groups in total. The number of likely N-dealkylation sites (tertiary alicyclic amines) is 1. The van der Waals surface area contributed by atoms with Crippen molar-refractivity contribution >= 4 is 50.8 Å². The van der Waals surface area contributed by atoms with Crippen molar-refractivity contribution in [3.8, 4) is 5.75 Å². The third-order valence-electron chi connectivity index (χ3n) is 8.84. The highest BCUT2D eigenvalue weighted by Gasteiger charge is 2.48. The number of alkyl halides is 3. The number of hydrogen-bond acceptors (Lipinski definition) is 8. The van der Waals surface area contributed by atoms with Gasteiger partial charge >= 0.3 is 12.3 Å². The van der Waals surface area contributed by atoms with Gasteiger partial charge in [-0.3, -0.25) is 4.90 Å². The maximum Gasteiger partial charge on any atom is 0.422 e. The van der Waals surface area contributed by atoms with Crippen molar-refractivity contribution in [2.24, 2.45) is 5.41 Å². The number of amides is 1. The highest BCUT2D eigenvalue weighted by atomic mass is 79.9. The van der Waals surface area contributed by atoms with Gasteiger partial charge in [-0.1, -0.05) is 19.6 Å². The zero-order valence-electron chi connectivity index (χ0n) is 26.1. The highest BCUT2D eigenvalue weighted by molar-refractivity contribution is 9.10. The summed E-state index contributed by atoms with van der Waals surface area (Å²) in [5.41, 5.74) is 0.399. The number of benzene rings is 1. The van der Waals surface area contributed by atoms with Gasteiger partial charge in [0.25, 0.3) is 0 Å². The summed E-state index contributed by atoms with van der Waals surface area (Å²) in [6.45, 7) is 15.1. The number of ether oxygens (including phenoxy) is 2. The average Bonchev–Trinajstić information content (AvgIpc) is 2.93. The van der Waals surface area contributed by atoms with Crippen LogP contribution in [0, 0.1) is 5.41 Å².